The predicted molar refractivity (Wildman–Crippen MR) is 69.9 cm³/mol. The predicted octanol–water partition coefficient (Wildman–Crippen LogP) is -0.0180. The minimum absolute atomic E-state index is 0.0470. The second kappa shape index (κ2) is 6.61. The van der Waals surface area contributed by atoms with Crippen LogP contribution < -0.4 is 21.3 Å². The third-order valence-corrected chi connectivity index (χ3v) is 2.11. The molecule has 10 heteroatoms. The van der Waals surface area contributed by atoms with Crippen LogP contribution in [0.2, 0.25) is 0 Å². The average Bonchev–Trinajstić information content (AvgIpc) is 2.91. The number of rotatable bonds is 7. The van der Waals surface area contributed by atoms with Gasteiger partial charge in [0.1, 0.15) is 0 Å². The first-order valence-electron chi connectivity index (χ1n) is 6.06. The first kappa shape index (κ1) is 13.9. The molecule has 108 valence electrons. The van der Waals surface area contributed by atoms with Gasteiger partial charge in [-0.15, -0.1) is 0 Å². The summed E-state index contributed by atoms with van der Waals surface area (Å²) in [4.78, 5) is 16.1. The summed E-state index contributed by atoms with van der Waals surface area (Å²) >= 11 is 0. The standard InChI is InChI=1S/C10H16N8O2/c1-6(2)19-10-16-8(15-9(17-10)18-11)12-4-3-7-13-5-14-20-7/h5-6H,3-4,11H2,1-2H3,(H2,12,15,16,17,18). The van der Waals surface area contributed by atoms with E-state index in [4.69, 9.17) is 15.1 Å². The second-order valence-corrected chi connectivity index (χ2v) is 4.09. The Balaban J connectivity index is 1.98. The average molecular weight is 280 g/mol. The summed E-state index contributed by atoms with van der Waals surface area (Å²) in [7, 11) is 0. The van der Waals surface area contributed by atoms with Crippen LogP contribution in [-0.2, 0) is 6.42 Å². The molecule has 0 radical (unpaired) electrons. The van der Waals surface area contributed by atoms with Gasteiger partial charge in [-0.2, -0.15) is 19.9 Å². The van der Waals surface area contributed by atoms with Crippen molar-refractivity contribution in [1.82, 2.24) is 25.1 Å². The van der Waals surface area contributed by atoms with E-state index in [2.05, 4.69) is 35.8 Å². The highest BCUT2D eigenvalue weighted by molar-refractivity contribution is 5.34. The zero-order valence-corrected chi connectivity index (χ0v) is 11.2. The molecule has 2 heterocycles. The Bertz CT molecular complexity index is 530. The van der Waals surface area contributed by atoms with Crippen LogP contribution in [0.4, 0.5) is 11.9 Å². The summed E-state index contributed by atoms with van der Waals surface area (Å²) in [5, 5.41) is 6.53. The molecule has 4 N–H and O–H groups in total. The molecule has 2 aromatic heterocycles. The topological polar surface area (TPSA) is 137 Å². The van der Waals surface area contributed by atoms with E-state index in [0.29, 0.717) is 24.8 Å². The Labute approximate surface area is 115 Å². The fourth-order valence-corrected chi connectivity index (χ4v) is 1.35. The number of nitrogens with zero attached hydrogens (tertiary/aromatic N) is 5. The lowest BCUT2D eigenvalue weighted by Gasteiger charge is -2.10. The van der Waals surface area contributed by atoms with Gasteiger partial charge in [0.25, 0.3) is 0 Å². The SMILES string of the molecule is CC(C)Oc1nc(NN)nc(NCCc2ncno2)n1. The fourth-order valence-electron chi connectivity index (χ4n) is 1.35. The van der Waals surface area contributed by atoms with Crippen LogP contribution in [0.1, 0.15) is 19.7 Å². The van der Waals surface area contributed by atoms with Crippen molar-refractivity contribution in [3.63, 3.8) is 0 Å². The van der Waals surface area contributed by atoms with Gasteiger partial charge < -0.3 is 14.6 Å². The first-order valence-corrected chi connectivity index (χ1v) is 6.06. The van der Waals surface area contributed by atoms with Crippen LogP contribution in [0.25, 0.3) is 0 Å². The van der Waals surface area contributed by atoms with Gasteiger partial charge in [0.2, 0.25) is 17.8 Å². The summed E-state index contributed by atoms with van der Waals surface area (Å²) in [5.41, 5.74) is 2.36. The Kier molecular flexibility index (Phi) is 4.60. The van der Waals surface area contributed by atoms with Crippen molar-refractivity contribution in [3.8, 4) is 6.01 Å². The Morgan fingerprint density at radius 2 is 2.10 bits per heavy atom. The van der Waals surface area contributed by atoms with E-state index < -0.39 is 0 Å². The van der Waals surface area contributed by atoms with Gasteiger partial charge in [0, 0.05) is 13.0 Å². The van der Waals surface area contributed by atoms with Crippen molar-refractivity contribution in [1.29, 1.82) is 0 Å². The summed E-state index contributed by atoms with van der Waals surface area (Å²) in [6, 6.07) is 0.197. The van der Waals surface area contributed by atoms with E-state index in [1.165, 1.54) is 6.33 Å². The molecule has 0 atom stereocenters. The van der Waals surface area contributed by atoms with Crippen LogP contribution in [-0.4, -0.2) is 37.7 Å². The maximum Gasteiger partial charge on any atom is 0.323 e. The number of nitrogens with one attached hydrogen (secondary N) is 2. The molecule has 0 spiro atoms. The second-order valence-electron chi connectivity index (χ2n) is 4.09. The van der Waals surface area contributed by atoms with Gasteiger partial charge in [0.15, 0.2) is 6.33 Å². The van der Waals surface area contributed by atoms with E-state index in [9.17, 15) is 0 Å². The number of aromatic nitrogens is 5. The normalized spacial score (nSPS) is 10.6. The molecule has 20 heavy (non-hydrogen) atoms. The summed E-state index contributed by atoms with van der Waals surface area (Å²) in [5.74, 6) is 6.40. The third-order valence-electron chi connectivity index (χ3n) is 2.11. The van der Waals surface area contributed by atoms with Crippen LogP contribution in [0.5, 0.6) is 6.01 Å². The van der Waals surface area contributed by atoms with Crippen LogP contribution >= 0.6 is 0 Å². The molecule has 0 bridgehead atoms. The van der Waals surface area contributed by atoms with Crippen LogP contribution in [0.3, 0.4) is 0 Å². The van der Waals surface area contributed by atoms with E-state index in [1.54, 1.807) is 0 Å². The highest BCUT2D eigenvalue weighted by atomic mass is 16.5. The monoisotopic (exact) mass is 280 g/mol. The zero-order valence-electron chi connectivity index (χ0n) is 11.2. The molecule has 2 aromatic rings. The molecule has 0 aliphatic heterocycles. The van der Waals surface area contributed by atoms with E-state index in [1.807, 2.05) is 13.8 Å². The number of ether oxygens (including phenoxy) is 1. The summed E-state index contributed by atoms with van der Waals surface area (Å²) in [6.07, 6.45) is 1.86. The molecule has 0 aliphatic carbocycles. The maximum atomic E-state index is 5.41. The Hall–Kier alpha value is -2.49. The van der Waals surface area contributed by atoms with Gasteiger partial charge in [-0.05, 0) is 13.8 Å². The molecule has 0 unspecified atom stereocenters. The van der Waals surface area contributed by atoms with E-state index in [0.717, 1.165) is 0 Å². The minimum atomic E-state index is -0.0470. The van der Waals surface area contributed by atoms with Crippen molar-refractivity contribution in [2.75, 3.05) is 17.3 Å². The van der Waals surface area contributed by atoms with E-state index in [-0.39, 0.29) is 18.1 Å². The zero-order chi connectivity index (χ0) is 14.4. The third kappa shape index (κ3) is 4.02. The van der Waals surface area contributed by atoms with E-state index >= 15 is 0 Å². The van der Waals surface area contributed by atoms with Crippen molar-refractivity contribution in [3.05, 3.63) is 12.2 Å². The van der Waals surface area contributed by atoms with Gasteiger partial charge in [-0.1, -0.05) is 5.16 Å². The molecule has 2 rings (SSSR count). The van der Waals surface area contributed by atoms with Crippen molar-refractivity contribution in [2.24, 2.45) is 5.84 Å². The number of hydrogen-bond acceptors (Lipinski definition) is 10. The molecular formula is C10H16N8O2. The molecule has 10 nitrogen and oxygen atoms in total. The Morgan fingerprint density at radius 3 is 2.75 bits per heavy atom. The molecular weight excluding hydrogens is 264 g/mol. The van der Waals surface area contributed by atoms with Gasteiger partial charge in [0.05, 0.1) is 6.10 Å². The van der Waals surface area contributed by atoms with Crippen LogP contribution in [0, 0.1) is 0 Å². The number of nitrogens with two attached hydrogens (primary N) is 1. The summed E-state index contributed by atoms with van der Waals surface area (Å²) < 4.78 is 10.3. The fraction of sp³-hybridized carbons (Fsp3) is 0.500. The molecule has 0 saturated carbocycles. The summed E-state index contributed by atoms with van der Waals surface area (Å²) in [6.45, 7) is 4.28. The first-order chi connectivity index (χ1) is 9.67. The lowest BCUT2D eigenvalue weighted by Crippen LogP contribution is -2.17. The molecule has 0 fully saturated rings. The quantitative estimate of drug-likeness (QED) is 0.468. The largest absolute Gasteiger partial charge is 0.461 e. The lowest BCUT2D eigenvalue weighted by molar-refractivity contribution is 0.222. The molecule has 0 aromatic carbocycles. The number of hydrogen-bond donors (Lipinski definition) is 3. The maximum absolute atomic E-state index is 5.41. The minimum Gasteiger partial charge on any atom is -0.461 e. The highest BCUT2D eigenvalue weighted by Crippen LogP contribution is 2.11. The van der Waals surface area contributed by atoms with Gasteiger partial charge >= 0.3 is 6.01 Å². The van der Waals surface area contributed by atoms with Gasteiger partial charge in [-0.25, -0.2) is 5.84 Å². The molecule has 0 amide bonds. The smallest absolute Gasteiger partial charge is 0.323 e. The van der Waals surface area contributed by atoms with Gasteiger partial charge in [-0.3, -0.25) is 5.43 Å². The van der Waals surface area contributed by atoms with Crippen molar-refractivity contribution < 1.29 is 9.26 Å². The lowest BCUT2D eigenvalue weighted by atomic mass is 10.4. The van der Waals surface area contributed by atoms with Crippen molar-refractivity contribution >= 4 is 11.9 Å². The number of nitrogen functional groups attached to an aromatic ring is 1. The number of hydrazine groups is 1. The molecule has 0 saturated heterocycles. The highest BCUT2D eigenvalue weighted by Gasteiger charge is 2.08. The molecule has 0 aliphatic rings. The van der Waals surface area contributed by atoms with Crippen molar-refractivity contribution in [2.45, 2.75) is 26.4 Å². The Morgan fingerprint density at radius 1 is 1.30 bits per heavy atom. The number of anilines is 2. The van der Waals surface area contributed by atoms with Crippen LogP contribution in [0.15, 0.2) is 10.9 Å².